The summed E-state index contributed by atoms with van der Waals surface area (Å²) in [7, 11) is 1.45. The summed E-state index contributed by atoms with van der Waals surface area (Å²) in [5.74, 6) is -1.86. The summed E-state index contributed by atoms with van der Waals surface area (Å²) in [6.45, 7) is 0.314. The lowest BCUT2D eigenvalue weighted by molar-refractivity contribution is -0.142. The highest BCUT2D eigenvalue weighted by atomic mass is 16.5. The molecule has 0 spiro atoms. The van der Waals surface area contributed by atoms with Crippen molar-refractivity contribution in [3.8, 4) is 0 Å². The second-order valence-electron chi connectivity index (χ2n) is 4.22. The summed E-state index contributed by atoms with van der Waals surface area (Å²) in [4.78, 5) is 34.0. The Balaban J connectivity index is 2.29. The van der Waals surface area contributed by atoms with E-state index in [9.17, 15) is 14.4 Å². The Morgan fingerprint density at radius 1 is 1.43 bits per heavy atom. The number of carboxylic acids is 1. The number of hydrogen-bond donors (Lipinski definition) is 3. The average molecular weight is 298 g/mol. The number of carbonyl (C=O) groups excluding carboxylic acids is 2. The number of carbonyl (C=O) groups is 3. The van der Waals surface area contributed by atoms with Crippen molar-refractivity contribution in [2.24, 2.45) is 0 Å². The van der Waals surface area contributed by atoms with Crippen LogP contribution in [0.5, 0.6) is 0 Å². The van der Waals surface area contributed by atoms with E-state index in [1.807, 2.05) is 0 Å². The minimum Gasteiger partial charge on any atom is -0.480 e. The molecule has 1 atom stereocenters. The van der Waals surface area contributed by atoms with Crippen LogP contribution in [0.3, 0.4) is 0 Å². The number of rotatable bonds is 9. The van der Waals surface area contributed by atoms with E-state index in [4.69, 9.17) is 14.3 Å². The Bertz CT molecular complexity index is 471. The van der Waals surface area contributed by atoms with Crippen LogP contribution in [-0.4, -0.2) is 49.2 Å². The Hall–Kier alpha value is -2.35. The number of carboxylic acid groups (broad SMARTS) is 1. The van der Waals surface area contributed by atoms with E-state index in [0.29, 0.717) is 0 Å². The number of methoxy groups -OCH3 is 1. The highest BCUT2D eigenvalue weighted by molar-refractivity contribution is 5.91. The maximum Gasteiger partial charge on any atom is 0.326 e. The van der Waals surface area contributed by atoms with Gasteiger partial charge in [0.15, 0.2) is 5.76 Å². The van der Waals surface area contributed by atoms with Crippen molar-refractivity contribution in [3.63, 3.8) is 0 Å². The summed E-state index contributed by atoms with van der Waals surface area (Å²) >= 11 is 0. The third-order valence-electron chi connectivity index (χ3n) is 2.63. The lowest BCUT2D eigenvalue weighted by Crippen LogP contribution is -2.42. The number of nitrogens with one attached hydrogen (secondary N) is 2. The summed E-state index contributed by atoms with van der Waals surface area (Å²) in [5, 5.41) is 13.8. The zero-order valence-electron chi connectivity index (χ0n) is 11.6. The number of aliphatic carboxylic acids is 1. The molecule has 0 aromatic carbocycles. The van der Waals surface area contributed by atoms with Gasteiger partial charge in [-0.05, 0) is 12.1 Å². The van der Waals surface area contributed by atoms with Crippen LogP contribution in [0.1, 0.15) is 23.4 Å². The van der Waals surface area contributed by atoms with Gasteiger partial charge in [0.25, 0.3) is 5.91 Å². The van der Waals surface area contributed by atoms with Crippen molar-refractivity contribution in [3.05, 3.63) is 24.2 Å². The Morgan fingerprint density at radius 3 is 2.76 bits per heavy atom. The Morgan fingerprint density at radius 2 is 2.19 bits per heavy atom. The van der Waals surface area contributed by atoms with Crippen LogP contribution in [0, 0.1) is 0 Å². The first-order valence-electron chi connectivity index (χ1n) is 6.37. The van der Waals surface area contributed by atoms with Crippen molar-refractivity contribution >= 4 is 17.8 Å². The largest absolute Gasteiger partial charge is 0.480 e. The van der Waals surface area contributed by atoms with Gasteiger partial charge < -0.3 is 24.9 Å². The van der Waals surface area contributed by atoms with Crippen molar-refractivity contribution in [1.82, 2.24) is 10.6 Å². The fourth-order valence-electron chi connectivity index (χ4n) is 1.54. The van der Waals surface area contributed by atoms with Gasteiger partial charge in [-0.3, -0.25) is 9.59 Å². The molecule has 8 nitrogen and oxygen atoms in total. The van der Waals surface area contributed by atoms with Gasteiger partial charge in [-0.25, -0.2) is 4.79 Å². The van der Waals surface area contributed by atoms with Gasteiger partial charge >= 0.3 is 5.97 Å². The van der Waals surface area contributed by atoms with Crippen LogP contribution < -0.4 is 10.6 Å². The highest BCUT2D eigenvalue weighted by Gasteiger charge is 2.19. The van der Waals surface area contributed by atoms with Crippen LogP contribution in [0.2, 0.25) is 0 Å². The van der Waals surface area contributed by atoms with E-state index in [1.165, 1.54) is 19.4 Å². The first-order valence-corrected chi connectivity index (χ1v) is 6.37. The van der Waals surface area contributed by atoms with Crippen molar-refractivity contribution in [2.45, 2.75) is 18.9 Å². The van der Waals surface area contributed by atoms with Crippen LogP contribution >= 0.6 is 0 Å². The molecule has 116 valence electrons. The fourth-order valence-corrected chi connectivity index (χ4v) is 1.54. The van der Waals surface area contributed by atoms with Gasteiger partial charge in [0.2, 0.25) is 5.91 Å². The second kappa shape index (κ2) is 8.75. The predicted octanol–water partition coefficient (Wildman–Crippen LogP) is 0.00540. The number of hydrogen-bond acceptors (Lipinski definition) is 5. The van der Waals surface area contributed by atoms with Gasteiger partial charge in [-0.1, -0.05) is 0 Å². The summed E-state index contributed by atoms with van der Waals surface area (Å²) in [5.41, 5.74) is 0. The van der Waals surface area contributed by atoms with Crippen LogP contribution in [0.4, 0.5) is 0 Å². The van der Waals surface area contributed by atoms with E-state index >= 15 is 0 Å². The SMILES string of the molecule is COCCC(NC(=O)CCNC(=O)c1ccco1)C(=O)O. The third-order valence-corrected chi connectivity index (χ3v) is 2.63. The minimum absolute atomic E-state index is 0.0246. The zero-order valence-corrected chi connectivity index (χ0v) is 11.6. The average Bonchev–Trinajstić information content (AvgIpc) is 2.97. The fraction of sp³-hybridized carbons (Fsp3) is 0.462. The van der Waals surface area contributed by atoms with Gasteiger partial charge in [-0.2, -0.15) is 0 Å². The Kier molecular flexibility index (Phi) is 6.96. The molecule has 0 saturated carbocycles. The lowest BCUT2D eigenvalue weighted by Gasteiger charge is -2.14. The quantitative estimate of drug-likeness (QED) is 0.591. The number of ether oxygens (including phenoxy) is 1. The van der Waals surface area contributed by atoms with Gasteiger partial charge in [0.05, 0.1) is 6.26 Å². The molecule has 2 amide bonds. The van der Waals surface area contributed by atoms with Crippen LogP contribution in [-0.2, 0) is 14.3 Å². The molecule has 1 aromatic rings. The summed E-state index contributed by atoms with van der Waals surface area (Å²) in [6, 6.07) is 2.08. The molecule has 0 saturated heterocycles. The lowest BCUT2D eigenvalue weighted by atomic mass is 10.2. The predicted molar refractivity (Wildman–Crippen MR) is 71.7 cm³/mol. The van der Waals surface area contributed by atoms with Crippen LogP contribution in [0.15, 0.2) is 22.8 Å². The molecular weight excluding hydrogens is 280 g/mol. The highest BCUT2D eigenvalue weighted by Crippen LogP contribution is 1.99. The molecular formula is C13H18N2O6. The molecule has 1 rings (SSSR count). The molecule has 0 aliphatic heterocycles. The second-order valence-corrected chi connectivity index (χ2v) is 4.22. The molecule has 1 aromatic heterocycles. The first-order chi connectivity index (χ1) is 10.0. The molecule has 0 bridgehead atoms. The number of furan rings is 1. The standard InChI is InChI=1S/C13H18N2O6/c1-20-8-5-9(13(18)19)15-11(16)4-6-14-12(17)10-3-2-7-21-10/h2-3,7,9H,4-6,8H2,1H3,(H,14,17)(H,15,16)(H,18,19). The molecule has 8 heteroatoms. The molecule has 0 aliphatic rings. The van der Waals surface area contributed by atoms with E-state index in [0.717, 1.165) is 0 Å². The van der Waals surface area contributed by atoms with E-state index in [2.05, 4.69) is 10.6 Å². The molecule has 0 fully saturated rings. The van der Waals surface area contributed by atoms with Gasteiger partial charge in [0, 0.05) is 33.1 Å². The summed E-state index contributed by atoms with van der Waals surface area (Å²) in [6.07, 6.45) is 1.52. The third kappa shape index (κ3) is 6.09. The molecule has 21 heavy (non-hydrogen) atoms. The molecule has 1 unspecified atom stereocenters. The summed E-state index contributed by atoms with van der Waals surface area (Å²) < 4.78 is 9.66. The van der Waals surface area contributed by atoms with E-state index < -0.39 is 23.8 Å². The first kappa shape index (κ1) is 16.7. The maximum absolute atomic E-state index is 11.6. The zero-order chi connectivity index (χ0) is 15.7. The van der Waals surface area contributed by atoms with Crippen LogP contribution in [0.25, 0.3) is 0 Å². The number of amides is 2. The van der Waals surface area contributed by atoms with Gasteiger partial charge in [-0.15, -0.1) is 0 Å². The normalized spacial score (nSPS) is 11.7. The van der Waals surface area contributed by atoms with E-state index in [1.54, 1.807) is 6.07 Å². The van der Waals surface area contributed by atoms with Crippen molar-refractivity contribution in [1.29, 1.82) is 0 Å². The van der Waals surface area contributed by atoms with Gasteiger partial charge in [0.1, 0.15) is 6.04 Å². The van der Waals surface area contributed by atoms with Crippen molar-refractivity contribution in [2.75, 3.05) is 20.3 Å². The maximum atomic E-state index is 11.6. The topological polar surface area (TPSA) is 118 Å². The minimum atomic E-state index is -1.12. The monoisotopic (exact) mass is 298 g/mol. The molecule has 3 N–H and O–H groups in total. The molecule has 0 radical (unpaired) electrons. The van der Waals surface area contributed by atoms with E-state index in [-0.39, 0.29) is 31.8 Å². The molecule has 1 heterocycles. The molecule has 0 aliphatic carbocycles. The smallest absolute Gasteiger partial charge is 0.326 e. The Labute approximate surface area is 121 Å². The van der Waals surface area contributed by atoms with Crippen molar-refractivity contribution < 1.29 is 28.6 Å².